The van der Waals surface area contributed by atoms with Gasteiger partial charge < -0.3 is 0 Å². The van der Waals surface area contributed by atoms with Crippen molar-refractivity contribution in [3.05, 3.63) is 72.3 Å². The fourth-order valence-corrected chi connectivity index (χ4v) is 1.05. The average Bonchev–Trinajstić information content (AvgIpc) is 2.34. The molecule has 2 rings (SSSR count). The van der Waals surface area contributed by atoms with Crippen LogP contribution in [-0.4, -0.2) is 0 Å². The Bertz CT molecular complexity index is 377. The first kappa shape index (κ1) is 11.1. The number of rotatable bonds is 0. The molecule has 0 fully saturated rings. The van der Waals surface area contributed by atoms with E-state index in [-0.39, 0.29) is 0 Å². The molecule has 0 saturated carbocycles. The number of benzene rings is 2. The molecule has 0 N–H and O–H groups in total. The van der Waals surface area contributed by atoms with E-state index < -0.39 is 0 Å². The van der Waals surface area contributed by atoms with Crippen LogP contribution < -0.4 is 0 Å². The first-order valence-electron chi connectivity index (χ1n) is 4.91. The standard InChI is InChI=1S/C9H8.C6H6/c1-2-6-9-7-4-3-5-8-9;1-2-4-6-5-3-1/h3-5,7-8H,1H3;1-6H. The summed E-state index contributed by atoms with van der Waals surface area (Å²) in [5.41, 5.74) is 1.08. The average molecular weight is 194 g/mol. The van der Waals surface area contributed by atoms with Gasteiger partial charge in [-0.2, -0.15) is 0 Å². The smallest absolute Gasteiger partial charge is 0.0245 e. The summed E-state index contributed by atoms with van der Waals surface area (Å²) < 4.78 is 0. The van der Waals surface area contributed by atoms with Crippen molar-refractivity contribution < 1.29 is 0 Å². The molecule has 0 unspecified atom stereocenters. The van der Waals surface area contributed by atoms with E-state index in [0.717, 1.165) is 5.56 Å². The summed E-state index contributed by atoms with van der Waals surface area (Å²) >= 11 is 0. The monoisotopic (exact) mass is 194 g/mol. The van der Waals surface area contributed by atoms with Crippen LogP contribution in [0.3, 0.4) is 0 Å². The van der Waals surface area contributed by atoms with Gasteiger partial charge in [0.15, 0.2) is 0 Å². The number of hydrogen-bond donors (Lipinski definition) is 0. The molecule has 0 aliphatic heterocycles. The van der Waals surface area contributed by atoms with E-state index >= 15 is 0 Å². The Morgan fingerprint density at radius 2 is 1.07 bits per heavy atom. The summed E-state index contributed by atoms with van der Waals surface area (Å²) in [6.45, 7) is 1.84. The molecule has 0 nitrogen and oxygen atoms in total. The lowest BCUT2D eigenvalue weighted by Gasteiger charge is -1.83. The summed E-state index contributed by atoms with van der Waals surface area (Å²) in [5.74, 6) is 5.79. The molecule has 0 aliphatic carbocycles. The zero-order valence-electron chi connectivity index (χ0n) is 8.85. The Kier molecular flexibility index (Phi) is 5.47. The van der Waals surface area contributed by atoms with Crippen LogP contribution in [0.25, 0.3) is 0 Å². The summed E-state index contributed by atoms with van der Waals surface area (Å²) in [5, 5.41) is 0. The van der Waals surface area contributed by atoms with Crippen LogP contribution in [0.5, 0.6) is 0 Å². The van der Waals surface area contributed by atoms with Crippen molar-refractivity contribution in [2.24, 2.45) is 0 Å². The minimum atomic E-state index is 1.08. The van der Waals surface area contributed by atoms with Gasteiger partial charge in [-0.1, -0.05) is 60.5 Å². The van der Waals surface area contributed by atoms with Crippen molar-refractivity contribution >= 4 is 0 Å². The van der Waals surface area contributed by atoms with Crippen LogP contribution in [0.15, 0.2) is 66.7 Å². The van der Waals surface area contributed by atoms with Crippen molar-refractivity contribution in [2.45, 2.75) is 6.92 Å². The van der Waals surface area contributed by atoms with Gasteiger partial charge in [0.05, 0.1) is 0 Å². The topological polar surface area (TPSA) is 0 Å². The third-order valence-electron chi connectivity index (χ3n) is 1.71. The predicted octanol–water partition coefficient (Wildman–Crippen LogP) is 3.74. The van der Waals surface area contributed by atoms with E-state index in [4.69, 9.17) is 0 Å². The van der Waals surface area contributed by atoms with Gasteiger partial charge in [0.1, 0.15) is 0 Å². The van der Waals surface area contributed by atoms with Crippen LogP contribution in [-0.2, 0) is 0 Å². The van der Waals surface area contributed by atoms with Crippen LogP contribution in [0, 0.1) is 11.8 Å². The quantitative estimate of drug-likeness (QED) is 0.560. The molecule has 0 heteroatoms. The molecular weight excluding hydrogens is 180 g/mol. The first-order valence-corrected chi connectivity index (χ1v) is 4.91. The maximum atomic E-state index is 2.96. The van der Waals surface area contributed by atoms with Gasteiger partial charge in [-0.25, -0.2) is 0 Å². The second-order valence-corrected chi connectivity index (χ2v) is 2.90. The third-order valence-corrected chi connectivity index (χ3v) is 1.71. The molecule has 0 aliphatic rings. The molecule has 0 heterocycles. The first-order chi connectivity index (χ1) is 7.43. The molecule has 15 heavy (non-hydrogen) atoms. The zero-order valence-corrected chi connectivity index (χ0v) is 8.85. The lowest BCUT2D eigenvalue weighted by molar-refractivity contribution is 1.64. The van der Waals surface area contributed by atoms with Crippen LogP contribution in [0.4, 0.5) is 0 Å². The third kappa shape index (κ3) is 5.33. The summed E-state index contributed by atoms with van der Waals surface area (Å²) in [6, 6.07) is 22.0. The Morgan fingerprint density at radius 3 is 1.47 bits per heavy atom. The maximum Gasteiger partial charge on any atom is 0.0245 e. The van der Waals surface area contributed by atoms with Crippen LogP contribution in [0.2, 0.25) is 0 Å². The van der Waals surface area contributed by atoms with Crippen molar-refractivity contribution in [1.82, 2.24) is 0 Å². The van der Waals surface area contributed by atoms with E-state index in [2.05, 4.69) is 11.8 Å². The van der Waals surface area contributed by atoms with E-state index in [1.165, 1.54) is 0 Å². The lowest BCUT2D eigenvalue weighted by atomic mass is 10.2. The highest BCUT2D eigenvalue weighted by Gasteiger charge is 1.77. The Hall–Kier alpha value is -2.00. The molecule has 0 saturated heterocycles. The summed E-state index contributed by atoms with van der Waals surface area (Å²) in [4.78, 5) is 0. The number of hydrogen-bond acceptors (Lipinski definition) is 0. The lowest BCUT2D eigenvalue weighted by Crippen LogP contribution is -1.67. The van der Waals surface area contributed by atoms with Crippen LogP contribution >= 0.6 is 0 Å². The van der Waals surface area contributed by atoms with Crippen molar-refractivity contribution in [1.29, 1.82) is 0 Å². The predicted molar refractivity (Wildman–Crippen MR) is 65.4 cm³/mol. The Labute approximate surface area is 91.6 Å². The molecule has 2 aromatic carbocycles. The maximum absolute atomic E-state index is 2.96. The molecule has 0 amide bonds. The summed E-state index contributed by atoms with van der Waals surface area (Å²) in [7, 11) is 0. The molecule has 0 aromatic heterocycles. The van der Waals surface area contributed by atoms with E-state index in [0.29, 0.717) is 0 Å². The molecule has 0 atom stereocenters. The highest BCUT2D eigenvalue weighted by Crippen LogP contribution is 1.93. The highest BCUT2D eigenvalue weighted by molar-refractivity contribution is 5.32. The van der Waals surface area contributed by atoms with Gasteiger partial charge in [0, 0.05) is 5.56 Å². The second kappa shape index (κ2) is 7.41. The molecule has 0 radical (unpaired) electrons. The molecule has 74 valence electrons. The van der Waals surface area contributed by atoms with Gasteiger partial charge in [0.2, 0.25) is 0 Å². The Morgan fingerprint density at radius 1 is 0.667 bits per heavy atom. The summed E-state index contributed by atoms with van der Waals surface area (Å²) in [6.07, 6.45) is 0. The van der Waals surface area contributed by atoms with Crippen molar-refractivity contribution in [2.75, 3.05) is 0 Å². The normalized spacial score (nSPS) is 7.80. The fourth-order valence-electron chi connectivity index (χ4n) is 1.05. The molecular formula is C15H14. The van der Waals surface area contributed by atoms with Crippen LogP contribution in [0.1, 0.15) is 12.5 Å². The van der Waals surface area contributed by atoms with Gasteiger partial charge in [-0.15, -0.1) is 5.92 Å². The van der Waals surface area contributed by atoms with Crippen molar-refractivity contribution in [3.63, 3.8) is 0 Å². The Balaban J connectivity index is 0.000000162. The second-order valence-electron chi connectivity index (χ2n) is 2.90. The highest BCUT2D eigenvalue weighted by atomic mass is 13.8. The molecule has 0 bridgehead atoms. The largest absolute Gasteiger partial charge is 0.101 e. The van der Waals surface area contributed by atoms with Gasteiger partial charge in [-0.05, 0) is 19.1 Å². The minimum absolute atomic E-state index is 1.08. The minimum Gasteiger partial charge on any atom is -0.101 e. The van der Waals surface area contributed by atoms with E-state index in [1.54, 1.807) is 0 Å². The van der Waals surface area contributed by atoms with Crippen molar-refractivity contribution in [3.8, 4) is 11.8 Å². The SMILES string of the molecule is CC#Cc1ccccc1.c1ccccc1. The van der Waals surface area contributed by atoms with Gasteiger partial charge in [0.25, 0.3) is 0 Å². The van der Waals surface area contributed by atoms with E-state index in [1.807, 2.05) is 73.7 Å². The van der Waals surface area contributed by atoms with Gasteiger partial charge in [-0.3, -0.25) is 0 Å². The molecule has 0 spiro atoms. The zero-order chi connectivity index (χ0) is 10.8. The molecule has 2 aromatic rings. The fraction of sp³-hybridized carbons (Fsp3) is 0.0667. The van der Waals surface area contributed by atoms with Gasteiger partial charge >= 0.3 is 0 Å². The van der Waals surface area contributed by atoms with E-state index in [9.17, 15) is 0 Å².